The minimum Gasteiger partial charge on any atom is -0.387 e. The number of hydrogen-bond donors (Lipinski definition) is 2. The summed E-state index contributed by atoms with van der Waals surface area (Å²) in [4.78, 5) is 0. The standard InChI is InChI=1S/C14H10BrCl2F2NO/c15-7-3-11(18)14(12(19)4-7)20-6-13(21)9-5-8(16)1-2-10(9)17/h1-5,13,20-21H,6H2. The first-order valence-electron chi connectivity index (χ1n) is 5.90. The molecule has 2 nitrogen and oxygen atoms in total. The van der Waals surface area contributed by atoms with E-state index in [1.165, 1.54) is 6.07 Å². The van der Waals surface area contributed by atoms with E-state index in [2.05, 4.69) is 21.2 Å². The van der Waals surface area contributed by atoms with Gasteiger partial charge in [0, 0.05) is 26.6 Å². The summed E-state index contributed by atoms with van der Waals surface area (Å²) >= 11 is 14.8. The van der Waals surface area contributed by atoms with Gasteiger partial charge in [0.05, 0.1) is 6.10 Å². The number of aliphatic hydroxyl groups is 1. The molecule has 1 unspecified atom stereocenters. The van der Waals surface area contributed by atoms with Gasteiger partial charge in [0.1, 0.15) is 17.3 Å². The normalized spacial score (nSPS) is 12.3. The van der Waals surface area contributed by atoms with Crippen LogP contribution < -0.4 is 5.32 Å². The summed E-state index contributed by atoms with van der Waals surface area (Å²) in [7, 11) is 0. The van der Waals surface area contributed by atoms with Crippen molar-refractivity contribution >= 4 is 44.8 Å². The largest absolute Gasteiger partial charge is 0.387 e. The van der Waals surface area contributed by atoms with Gasteiger partial charge in [0.2, 0.25) is 0 Å². The Labute approximate surface area is 138 Å². The van der Waals surface area contributed by atoms with E-state index in [-0.39, 0.29) is 12.2 Å². The van der Waals surface area contributed by atoms with E-state index >= 15 is 0 Å². The van der Waals surface area contributed by atoms with Crippen LogP contribution in [0.2, 0.25) is 10.0 Å². The van der Waals surface area contributed by atoms with E-state index in [9.17, 15) is 13.9 Å². The summed E-state index contributed by atoms with van der Waals surface area (Å²) < 4.78 is 27.6. The highest BCUT2D eigenvalue weighted by Gasteiger charge is 2.15. The number of aliphatic hydroxyl groups excluding tert-OH is 1. The van der Waals surface area contributed by atoms with Crippen LogP contribution in [-0.4, -0.2) is 11.7 Å². The molecule has 0 heterocycles. The molecule has 0 bridgehead atoms. The predicted octanol–water partition coefficient (Wildman–Crippen LogP) is 5.18. The molecule has 0 saturated carbocycles. The van der Waals surface area contributed by atoms with Gasteiger partial charge in [0.25, 0.3) is 0 Å². The molecule has 0 spiro atoms. The fraction of sp³-hybridized carbons (Fsp3) is 0.143. The third-order valence-electron chi connectivity index (χ3n) is 2.80. The van der Waals surface area contributed by atoms with Crippen molar-refractivity contribution in [2.45, 2.75) is 6.10 Å². The molecule has 0 amide bonds. The van der Waals surface area contributed by atoms with Crippen LogP contribution in [0.25, 0.3) is 0 Å². The van der Waals surface area contributed by atoms with Crippen molar-refractivity contribution in [2.75, 3.05) is 11.9 Å². The zero-order chi connectivity index (χ0) is 15.6. The Kier molecular flexibility index (Phi) is 5.43. The summed E-state index contributed by atoms with van der Waals surface area (Å²) in [6.07, 6.45) is -1.06. The SMILES string of the molecule is OC(CNc1c(F)cc(Br)cc1F)c1cc(Cl)ccc1Cl. The molecule has 0 aromatic heterocycles. The molecule has 0 aliphatic carbocycles. The highest BCUT2D eigenvalue weighted by Crippen LogP contribution is 2.28. The smallest absolute Gasteiger partial charge is 0.150 e. The second-order valence-corrected chi connectivity index (χ2v) is 6.07. The first-order chi connectivity index (χ1) is 9.88. The molecule has 1 atom stereocenters. The molecule has 0 aliphatic rings. The van der Waals surface area contributed by atoms with Crippen molar-refractivity contribution in [1.82, 2.24) is 0 Å². The molecule has 7 heteroatoms. The van der Waals surface area contributed by atoms with Gasteiger partial charge < -0.3 is 10.4 Å². The van der Waals surface area contributed by atoms with Gasteiger partial charge in [-0.05, 0) is 30.3 Å². The molecule has 2 N–H and O–H groups in total. The van der Waals surface area contributed by atoms with Crippen molar-refractivity contribution in [1.29, 1.82) is 0 Å². The fourth-order valence-corrected chi connectivity index (χ4v) is 2.62. The van der Waals surface area contributed by atoms with Gasteiger partial charge >= 0.3 is 0 Å². The van der Waals surface area contributed by atoms with Crippen LogP contribution in [0.3, 0.4) is 0 Å². The van der Waals surface area contributed by atoms with E-state index in [0.29, 0.717) is 20.1 Å². The Morgan fingerprint density at radius 3 is 2.38 bits per heavy atom. The topological polar surface area (TPSA) is 32.3 Å². The van der Waals surface area contributed by atoms with Crippen molar-refractivity contribution < 1.29 is 13.9 Å². The molecule has 0 radical (unpaired) electrons. The van der Waals surface area contributed by atoms with E-state index < -0.39 is 17.7 Å². The van der Waals surface area contributed by atoms with Crippen LogP contribution in [0.1, 0.15) is 11.7 Å². The van der Waals surface area contributed by atoms with Crippen molar-refractivity contribution in [3.05, 3.63) is 62.0 Å². The van der Waals surface area contributed by atoms with Crippen LogP contribution in [0.5, 0.6) is 0 Å². The molecule has 0 aliphatic heterocycles. The van der Waals surface area contributed by atoms with Crippen molar-refractivity contribution in [3.63, 3.8) is 0 Å². The molecule has 2 aromatic rings. The maximum absolute atomic E-state index is 13.6. The fourth-order valence-electron chi connectivity index (χ4n) is 1.79. The van der Waals surface area contributed by atoms with Crippen LogP contribution in [-0.2, 0) is 0 Å². The van der Waals surface area contributed by atoms with Gasteiger partial charge in [-0.3, -0.25) is 0 Å². The lowest BCUT2D eigenvalue weighted by Crippen LogP contribution is -2.14. The summed E-state index contributed by atoms with van der Waals surface area (Å²) in [5, 5.41) is 13.3. The summed E-state index contributed by atoms with van der Waals surface area (Å²) in [5.74, 6) is -1.52. The maximum atomic E-state index is 13.6. The lowest BCUT2D eigenvalue weighted by molar-refractivity contribution is 0.191. The molecule has 21 heavy (non-hydrogen) atoms. The monoisotopic (exact) mass is 395 g/mol. The molecular weight excluding hydrogens is 387 g/mol. The van der Waals surface area contributed by atoms with Gasteiger partial charge in [0.15, 0.2) is 0 Å². The zero-order valence-corrected chi connectivity index (χ0v) is 13.6. The molecule has 0 fully saturated rings. The summed E-state index contributed by atoms with van der Waals surface area (Å²) in [6, 6.07) is 6.89. The van der Waals surface area contributed by atoms with Crippen molar-refractivity contribution in [2.24, 2.45) is 0 Å². The first-order valence-corrected chi connectivity index (χ1v) is 7.45. The van der Waals surface area contributed by atoms with E-state index in [1.54, 1.807) is 12.1 Å². The molecule has 2 aromatic carbocycles. The quantitative estimate of drug-likeness (QED) is 0.746. The summed E-state index contributed by atoms with van der Waals surface area (Å²) in [6.45, 7) is -0.116. The highest BCUT2D eigenvalue weighted by atomic mass is 79.9. The molecular formula is C14H10BrCl2F2NO. The zero-order valence-electron chi connectivity index (χ0n) is 10.5. The van der Waals surface area contributed by atoms with Crippen LogP contribution in [0, 0.1) is 11.6 Å². The average Bonchev–Trinajstić information content (AvgIpc) is 2.40. The minimum absolute atomic E-state index is 0.116. The number of anilines is 1. The molecule has 112 valence electrons. The van der Waals surface area contributed by atoms with E-state index in [0.717, 1.165) is 12.1 Å². The van der Waals surface area contributed by atoms with Gasteiger partial charge in [-0.2, -0.15) is 0 Å². The van der Waals surface area contributed by atoms with E-state index in [4.69, 9.17) is 23.2 Å². The lowest BCUT2D eigenvalue weighted by atomic mass is 10.1. The van der Waals surface area contributed by atoms with Crippen LogP contribution in [0.15, 0.2) is 34.8 Å². The second-order valence-electron chi connectivity index (χ2n) is 4.31. The average molecular weight is 397 g/mol. The highest BCUT2D eigenvalue weighted by molar-refractivity contribution is 9.10. The minimum atomic E-state index is -1.06. The predicted molar refractivity (Wildman–Crippen MR) is 84.0 cm³/mol. The molecule has 0 saturated heterocycles. The number of hydrogen-bond acceptors (Lipinski definition) is 2. The Balaban J connectivity index is 2.15. The van der Waals surface area contributed by atoms with Crippen molar-refractivity contribution in [3.8, 4) is 0 Å². The van der Waals surface area contributed by atoms with Gasteiger partial charge in [-0.15, -0.1) is 0 Å². The number of benzene rings is 2. The van der Waals surface area contributed by atoms with Crippen LogP contribution in [0.4, 0.5) is 14.5 Å². The summed E-state index contributed by atoms with van der Waals surface area (Å²) in [5.41, 5.74) is 0.0741. The Bertz CT molecular complexity index is 646. The van der Waals surface area contributed by atoms with Crippen LogP contribution >= 0.6 is 39.1 Å². The Hall–Kier alpha value is -0.880. The van der Waals surface area contributed by atoms with Gasteiger partial charge in [-0.1, -0.05) is 39.1 Å². The molecule has 2 rings (SSSR count). The maximum Gasteiger partial charge on any atom is 0.150 e. The third-order valence-corrected chi connectivity index (χ3v) is 3.83. The Morgan fingerprint density at radius 1 is 1.14 bits per heavy atom. The first kappa shape index (κ1) is 16.5. The number of nitrogens with one attached hydrogen (secondary N) is 1. The number of rotatable bonds is 4. The lowest BCUT2D eigenvalue weighted by Gasteiger charge is -2.16. The Morgan fingerprint density at radius 2 is 1.76 bits per heavy atom. The second kappa shape index (κ2) is 6.92. The van der Waals surface area contributed by atoms with E-state index in [1.807, 2.05) is 0 Å². The number of halogens is 5. The third kappa shape index (κ3) is 4.07. The van der Waals surface area contributed by atoms with Gasteiger partial charge in [-0.25, -0.2) is 8.78 Å².